The molecule has 0 saturated carbocycles. The highest BCUT2D eigenvalue weighted by Gasteiger charge is 2.48. The molecule has 0 aliphatic carbocycles. The van der Waals surface area contributed by atoms with E-state index >= 15 is 0 Å². The summed E-state index contributed by atoms with van der Waals surface area (Å²) in [7, 11) is 0. The summed E-state index contributed by atoms with van der Waals surface area (Å²) in [5.41, 5.74) is 6.08. The maximum Gasteiger partial charge on any atom is 0.379 e. The van der Waals surface area contributed by atoms with Gasteiger partial charge in [-0.2, -0.15) is 8.78 Å². The molecule has 1 aromatic carbocycles. The Bertz CT molecular complexity index is 731. The number of ether oxygens (including phenoxy) is 1. The third kappa shape index (κ3) is 3.35. The van der Waals surface area contributed by atoms with Gasteiger partial charge in [-0.3, -0.25) is 9.36 Å². The van der Waals surface area contributed by atoms with Gasteiger partial charge in [0.2, 0.25) is 5.91 Å². The fraction of sp³-hybridized carbons (Fsp3) is 0.333. The molecule has 8 heteroatoms. The van der Waals surface area contributed by atoms with Crippen molar-refractivity contribution in [3.8, 4) is 0 Å². The molecule has 0 spiro atoms. The van der Waals surface area contributed by atoms with Crippen molar-refractivity contribution in [2.75, 3.05) is 6.61 Å². The summed E-state index contributed by atoms with van der Waals surface area (Å²) in [4.78, 5) is 23.1. The molecule has 2 N–H and O–H groups in total. The minimum absolute atomic E-state index is 0. The summed E-state index contributed by atoms with van der Waals surface area (Å²) in [5.74, 6) is -5.90. The topological polar surface area (TPSA) is 74.3 Å². The number of alkyl halides is 2. The number of hydrogen-bond donors (Lipinski definition) is 1. The molecule has 126 valence electrons. The van der Waals surface area contributed by atoms with Crippen LogP contribution in [0.3, 0.4) is 0 Å². The van der Waals surface area contributed by atoms with Gasteiger partial charge < -0.3 is 10.5 Å². The minimum Gasteiger partial charge on any atom is -0.462 e. The minimum atomic E-state index is -3.89. The first-order valence-electron chi connectivity index (χ1n) is 6.72. The summed E-state index contributed by atoms with van der Waals surface area (Å²) in [6.45, 7) is 2.57. The second kappa shape index (κ2) is 7.06. The fourth-order valence-corrected chi connectivity index (χ4v) is 2.26. The zero-order valence-corrected chi connectivity index (χ0v) is 13.4. The van der Waals surface area contributed by atoms with Crippen LogP contribution in [-0.2, 0) is 9.53 Å². The van der Waals surface area contributed by atoms with Crippen LogP contribution in [0.5, 0.6) is 0 Å². The molecule has 0 aliphatic heterocycles. The summed E-state index contributed by atoms with van der Waals surface area (Å²) >= 11 is 0. The molecule has 1 atom stereocenters. The van der Waals surface area contributed by atoms with Gasteiger partial charge >= 0.3 is 11.9 Å². The Morgan fingerprint density at radius 3 is 2.52 bits per heavy atom. The Morgan fingerprint density at radius 1 is 1.35 bits per heavy atom. The molecular formula is C15H17ClF2N2O3. The fourth-order valence-electron chi connectivity index (χ4n) is 2.26. The van der Waals surface area contributed by atoms with E-state index in [1.165, 1.54) is 24.6 Å². The highest BCUT2D eigenvalue weighted by molar-refractivity contribution is 5.94. The quantitative estimate of drug-likeness (QED) is 0.864. The molecule has 0 unspecified atom stereocenters. The lowest BCUT2D eigenvalue weighted by molar-refractivity contribution is -0.174. The normalized spacial score (nSPS) is 12.6. The number of nitrogens with zero attached hydrogens (tertiary/aromatic N) is 1. The Morgan fingerprint density at radius 2 is 1.96 bits per heavy atom. The van der Waals surface area contributed by atoms with Crippen LogP contribution >= 0.6 is 12.4 Å². The summed E-state index contributed by atoms with van der Waals surface area (Å²) in [5, 5.41) is 0.397. The maximum absolute atomic E-state index is 14.1. The van der Waals surface area contributed by atoms with E-state index in [0.29, 0.717) is 10.9 Å². The van der Waals surface area contributed by atoms with E-state index in [-0.39, 0.29) is 30.5 Å². The molecule has 5 nitrogen and oxygen atoms in total. The van der Waals surface area contributed by atoms with Crippen molar-refractivity contribution in [3.05, 3.63) is 36.0 Å². The Balaban J connectivity index is 0.00000264. The van der Waals surface area contributed by atoms with Crippen molar-refractivity contribution in [2.45, 2.75) is 25.8 Å². The largest absolute Gasteiger partial charge is 0.462 e. The van der Waals surface area contributed by atoms with Gasteiger partial charge in [-0.05, 0) is 13.0 Å². The number of carbonyl (C=O) groups is 2. The van der Waals surface area contributed by atoms with Crippen LogP contribution in [-0.4, -0.2) is 29.0 Å². The van der Waals surface area contributed by atoms with E-state index < -0.39 is 17.9 Å². The number of halogens is 3. The highest BCUT2D eigenvalue weighted by atomic mass is 35.5. The van der Waals surface area contributed by atoms with Crippen LogP contribution in [0.15, 0.2) is 30.5 Å². The smallest absolute Gasteiger partial charge is 0.379 e. The van der Waals surface area contributed by atoms with Crippen LogP contribution in [0.2, 0.25) is 0 Å². The lowest BCUT2D eigenvalue weighted by Crippen LogP contribution is -2.41. The summed E-state index contributed by atoms with van der Waals surface area (Å²) in [6.07, 6.45) is 1.24. The van der Waals surface area contributed by atoms with Gasteiger partial charge in [-0.15, -0.1) is 12.4 Å². The number of hydrogen-bond acceptors (Lipinski definition) is 4. The van der Waals surface area contributed by atoms with Gasteiger partial charge in [-0.1, -0.05) is 18.2 Å². The number of para-hydroxylation sites is 1. The Kier molecular flexibility index (Phi) is 5.85. The molecule has 23 heavy (non-hydrogen) atoms. The first-order valence-corrected chi connectivity index (χ1v) is 6.72. The van der Waals surface area contributed by atoms with Crippen LogP contribution in [0.1, 0.15) is 30.2 Å². The van der Waals surface area contributed by atoms with E-state index in [1.807, 2.05) is 0 Å². The van der Waals surface area contributed by atoms with Crippen molar-refractivity contribution in [3.63, 3.8) is 0 Å². The van der Waals surface area contributed by atoms with Crippen molar-refractivity contribution in [2.24, 2.45) is 5.73 Å². The number of rotatable bonds is 4. The van der Waals surface area contributed by atoms with Crippen molar-refractivity contribution in [1.82, 2.24) is 4.57 Å². The number of esters is 1. The second-order valence-electron chi connectivity index (χ2n) is 4.81. The number of fused-ring (bicyclic) bond motifs is 1. The predicted molar refractivity (Wildman–Crippen MR) is 84.0 cm³/mol. The van der Waals surface area contributed by atoms with E-state index in [1.54, 1.807) is 24.3 Å². The summed E-state index contributed by atoms with van der Waals surface area (Å²) in [6, 6.07) is 4.62. The summed E-state index contributed by atoms with van der Waals surface area (Å²) < 4.78 is 33.9. The van der Waals surface area contributed by atoms with Crippen molar-refractivity contribution < 1.29 is 23.1 Å². The first-order chi connectivity index (χ1) is 10.3. The number of nitrogens with two attached hydrogens (primary N) is 1. The third-order valence-corrected chi connectivity index (χ3v) is 3.36. The number of carbonyl (C=O) groups excluding carboxylic acids is 2. The van der Waals surface area contributed by atoms with Gasteiger partial charge in [0.25, 0.3) is 0 Å². The molecule has 0 bridgehead atoms. The van der Waals surface area contributed by atoms with Crippen LogP contribution in [0.25, 0.3) is 10.9 Å². The molecule has 2 aromatic rings. The molecule has 0 amide bonds. The molecule has 1 aromatic heterocycles. The van der Waals surface area contributed by atoms with Crippen molar-refractivity contribution >= 4 is 35.2 Å². The van der Waals surface area contributed by atoms with Gasteiger partial charge in [0.1, 0.15) is 6.04 Å². The third-order valence-electron chi connectivity index (χ3n) is 3.36. The lowest BCUT2D eigenvalue weighted by atomic mass is 10.0. The van der Waals surface area contributed by atoms with E-state index in [2.05, 4.69) is 4.74 Å². The van der Waals surface area contributed by atoms with Gasteiger partial charge in [0.05, 0.1) is 12.1 Å². The van der Waals surface area contributed by atoms with Gasteiger partial charge in [-0.25, -0.2) is 4.79 Å². The number of aromatic nitrogens is 1. The van der Waals surface area contributed by atoms with Crippen LogP contribution < -0.4 is 5.73 Å². The monoisotopic (exact) mass is 346 g/mol. The molecule has 1 heterocycles. The molecular weight excluding hydrogens is 330 g/mol. The molecule has 0 fully saturated rings. The average molecular weight is 347 g/mol. The maximum atomic E-state index is 14.1. The van der Waals surface area contributed by atoms with E-state index in [9.17, 15) is 18.4 Å². The van der Waals surface area contributed by atoms with Gasteiger partial charge in [0, 0.05) is 24.1 Å². The molecule has 0 radical (unpaired) electrons. The molecule has 2 rings (SSSR count). The molecule has 0 saturated heterocycles. The van der Waals surface area contributed by atoms with Crippen molar-refractivity contribution in [1.29, 1.82) is 0 Å². The SMILES string of the molecule is CCOC(=O)C(F)(F)[C@@H](N)c1cn(C(C)=O)c2ccccc12.Cl. The van der Waals surface area contributed by atoms with Crippen LogP contribution in [0, 0.1) is 0 Å². The number of benzene rings is 1. The standard InChI is InChI=1S/C15H16F2N2O3.ClH/c1-3-22-14(21)15(16,17)13(18)11-8-19(9(2)20)12-7-5-4-6-10(11)12;/h4-8,13H,3,18H2,1-2H3;1H/t13-;/m0./s1. The second-order valence-corrected chi connectivity index (χ2v) is 4.81. The first kappa shape index (κ1) is 19.1. The zero-order valence-electron chi connectivity index (χ0n) is 12.6. The van der Waals surface area contributed by atoms with Gasteiger partial charge in [0.15, 0.2) is 0 Å². The molecule has 0 aliphatic rings. The van der Waals surface area contributed by atoms with E-state index in [0.717, 1.165) is 0 Å². The Hall–Kier alpha value is -1.99. The zero-order chi connectivity index (χ0) is 16.5. The average Bonchev–Trinajstić information content (AvgIpc) is 2.86. The van der Waals surface area contributed by atoms with Crippen LogP contribution in [0.4, 0.5) is 8.78 Å². The van der Waals surface area contributed by atoms with E-state index in [4.69, 9.17) is 5.73 Å². The predicted octanol–water partition coefficient (Wildman–Crippen LogP) is 2.92. The Labute approximate surface area is 137 Å². The highest BCUT2D eigenvalue weighted by Crippen LogP contribution is 2.35. The lowest BCUT2D eigenvalue weighted by Gasteiger charge is -2.21.